The zero-order valence-corrected chi connectivity index (χ0v) is 18.8. The Morgan fingerprint density at radius 3 is 2.16 bits per heavy atom. The maximum atomic E-state index is 15.7. The summed E-state index contributed by atoms with van der Waals surface area (Å²) in [5.74, 6) is -1.89. The lowest BCUT2D eigenvalue weighted by Gasteiger charge is -2.35. The lowest BCUT2D eigenvalue weighted by atomic mass is 9.84. The Balaban J connectivity index is 1.62. The second kappa shape index (κ2) is 10.1. The van der Waals surface area contributed by atoms with Crippen LogP contribution in [0.5, 0.6) is 5.75 Å². The number of ether oxygens (including phenoxy) is 1. The van der Waals surface area contributed by atoms with Gasteiger partial charge in [-0.25, -0.2) is 13.5 Å². The minimum absolute atomic E-state index is 0.150. The molecule has 1 atom stereocenters. The van der Waals surface area contributed by atoms with E-state index in [4.69, 9.17) is 0 Å². The van der Waals surface area contributed by atoms with E-state index >= 15 is 8.78 Å². The smallest absolute Gasteiger partial charge is 0.406 e. The number of hydrogen-bond donors (Lipinski definition) is 1. The lowest BCUT2D eigenvalue weighted by Crippen LogP contribution is -2.48. The molecule has 0 saturated heterocycles. The van der Waals surface area contributed by atoms with Gasteiger partial charge in [-0.05, 0) is 59.0 Å². The Hall–Kier alpha value is -4.51. The second-order valence-electron chi connectivity index (χ2n) is 7.82. The Morgan fingerprint density at radius 1 is 0.895 bits per heavy atom. The van der Waals surface area contributed by atoms with Crippen molar-refractivity contribution in [2.24, 2.45) is 0 Å². The monoisotopic (exact) mass is 537 g/mol. The molecule has 2 aromatic carbocycles. The largest absolute Gasteiger partial charge is 0.573 e. The van der Waals surface area contributed by atoms with Crippen molar-refractivity contribution in [1.82, 2.24) is 25.2 Å². The molecule has 0 amide bonds. The number of hydrogen-bond acceptors (Lipinski definition) is 6. The number of benzene rings is 2. The number of pyridine rings is 1. The standard InChI is InChI=1S/C24H14F7N5O2/c25-17-6-9-19(20(26)11-17)22(37,13-36-14-33-34-35-36)23(27,28)21-10-5-16(12-32-21)2-1-15-3-7-18(8-4-15)38-24(29,30)31/h3-12,14,37H,13H2. The van der Waals surface area contributed by atoms with Crippen LogP contribution in [0.2, 0.25) is 0 Å². The summed E-state index contributed by atoms with van der Waals surface area (Å²) in [6.45, 7) is -1.01. The Labute approximate surface area is 209 Å². The van der Waals surface area contributed by atoms with Crippen molar-refractivity contribution < 1.29 is 40.6 Å². The molecule has 38 heavy (non-hydrogen) atoms. The summed E-state index contributed by atoms with van der Waals surface area (Å²) in [6, 6.07) is 8.41. The van der Waals surface area contributed by atoms with Crippen molar-refractivity contribution in [1.29, 1.82) is 0 Å². The van der Waals surface area contributed by atoms with Crippen molar-refractivity contribution in [3.8, 4) is 17.6 Å². The zero-order chi connectivity index (χ0) is 27.6. The number of nitrogens with zero attached hydrogens (tertiary/aromatic N) is 5. The predicted octanol–water partition coefficient (Wildman–Crippen LogP) is 4.32. The molecule has 1 N–H and O–H groups in total. The van der Waals surface area contributed by atoms with E-state index in [0.717, 1.165) is 41.5 Å². The van der Waals surface area contributed by atoms with Crippen molar-refractivity contribution in [2.75, 3.05) is 0 Å². The molecule has 196 valence electrons. The summed E-state index contributed by atoms with van der Waals surface area (Å²) in [5, 5.41) is 21.2. The van der Waals surface area contributed by atoms with Gasteiger partial charge in [0.15, 0.2) is 5.60 Å². The fourth-order valence-electron chi connectivity index (χ4n) is 3.42. The molecule has 2 aromatic heterocycles. The van der Waals surface area contributed by atoms with Crippen LogP contribution in [0.25, 0.3) is 0 Å². The minimum atomic E-state index is -4.84. The third-order valence-electron chi connectivity index (χ3n) is 5.20. The molecule has 0 radical (unpaired) electrons. The van der Waals surface area contributed by atoms with Crippen molar-refractivity contribution >= 4 is 0 Å². The molecule has 1 unspecified atom stereocenters. The molecule has 4 rings (SSSR count). The molecule has 0 aliphatic rings. The van der Waals surface area contributed by atoms with Gasteiger partial charge >= 0.3 is 12.3 Å². The molecule has 0 fully saturated rings. The molecule has 0 bridgehead atoms. The van der Waals surface area contributed by atoms with Crippen LogP contribution in [-0.2, 0) is 18.1 Å². The van der Waals surface area contributed by atoms with Gasteiger partial charge in [0.05, 0.1) is 6.54 Å². The predicted molar refractivity (Wildman–Crippen MR) is 115 cm³/mol. The highest BCUT2D eigenvalue weighted by Gasteiger charge is 2.58. The first kappa shape index (κ1) is 26.6. The number of aromatic nitrogens is 5. The van der Waals surface area contributed by atoms with Gasteiger partial charge in [0.1, 0.15) is 29.4 Å². The van der Waals surface area contributed by atoms with Gasteiger partial charge in [0.2, 0.25) is 0 Å². The quantitative estimate of drug-likeness (QED) is 0.291. The highest BCUT2D eigenvalue weighted by atomic mass is 19.4. The second-order valence-corrected chi connectivity index (χ2v) is 7.82. The first-order valence-corrected chi connectivity index (χ1v) is 10.5. The van der Waals surface area contributed by atoms with Crippen LogP contribution in [0.15, 0.2) is 67.1 Å². The van der Waals surface area contributed by atoms with E-state index in [1.807, 2.05) is 0 Å². The van der Waals surface area contributed by atoms with Crippen molar-refractivity contribution in [3.05, 3.63) is 101 Å². The summed E-state index contributed by atoms with van der Waals surface area (Å²) in [7, 11) is 0. The van der Waals surface area contributed by atoms with E-state index in [2.05, 4.69) is 37.1 Å². The van der Waals surface area contributed by atoms with Crippen LogP contribution >= 0.6 is 0 Å². The van der Waals surface area contributed by atoms with Crippen molar-refractivity contribution in [2.45, 2.75) is 24.4 Å². The van der Waals surface area contributed by atoms with Crippen LogP contribution in [0.3, 0.4) is 0 Å². The molecule has 7 nitrogen and oxygen atoms in total. The molecule has 14 heteroatoms. The van der Waals surface area contributed by atoms with Crippen LogP contribution in [0, 0.1) is 23.5 Å². The van der Waals surface area contributed by atoms with Gasteiger partial charge in [0, 0.05) is 29.0 Å². The van der Waals surface area contributed by atoms with E-state index in [1.54, 1.807) is 0 Å². The average molecular weight is 537 g/mol. The van der Waals surface area contributed by atoms with Gasteiger partial charge < -0.3 is 9.84 Å². The van der Waals surface area contributed by atoms with Gasteiger partial charge in [0.25, 0.3) is 0 Å². The molecule has 0 spiro atoms. The first-order chi connectivity index (χ1) is 17.9. The highest BCUT2D eigenvalue weighted by molar-refractivity contribution is 5.44. The molecule has 4 aromatic rings. The molecular weight excluding hydrogens is 523 g/mol. The summed E-state index contributed by atoms with van der Waals surface area (Å²) < 4.78 is 101. The number of aliphatic hydroxyl groups is 1. The fourth-order valence-corrected chi connectivity index (χ4v) is 3.42. The molecule has 0 aliphatic carbocycles. The molecule has 2 heterocycles. The minimum Gasteiger partial charge on any atom is -0.406 e. The van der Waals surface area contributed by atoms with Gasteiger partial charge in [-0.15, -0.1) is 18.3 Å². The fraction of sp³-hybridized carbons (Fsp3) is 0.167. The summed E-state index contributed by atoms with van der Waals surface area (Å²) in [5.41, 5.74) is -4.71. The normalized spacial score (nSPS) is 13.4. The van der Waals surface area contributed by atoms with E-state index in [0.29, 0.717) is 23.8 Å². The Kier molecular flexibility index (Phi) is 7.05. The molecule has 0 saturated carbocycles. The van der Waals surface area contributed by atoms with Crippen molar-refractivity contribution in [3.63, 3.8) is 0 Å². The lowest BCUT2D eigenvalue weighted by molar-refractivity contribution is -0.274. The Morgan fingerprint density at radius 2 is 1.58 bits per heavy atom. The number of alkyl halides is 5. The van der Waals surface area contributed by atoms with Crippen LogP contribution < -0.4 is 4.74 Å². The van der Waals surface area contributed by atoms with Crippen LogP contribution in [0.4, 0.5) is 30.7 Å². The zero-order valence-electron chi connectivity index (χ0n) is 18.8. The number of rotatable bonds is 6. The number of tetrazole rings is 1. The third kappa shape index (κ3) is 5.73. The van der Waals surface area contributed by atoms with E-state index in [9.17, 15) is 27.1 Å². The van der Waals surface area contributed by atoms with Crippen LogP contribution in [0.1, 0.15) is 22.4 Å². The van der Waals surface area contributed by atoms with Gasteiger partial charge in [-0.2, -0.15) is 8.78 Å². The van der Waals surface area contributed by atoms with Gasteiger partial charge in [-0.1, -0.05) is 11.8 Å². The summed E-state index contributed by atoms with van der Waals surface area (Å²) >= 11 is 0. The average Bonchev–Trinajstić information content (AvgIpc) is 3.35. The highest BCUT2D eigenvalue weighted by Crippen LogP contribution is 2.46. The van der Waals surface area contributed by atoms with Crippen LogP contribution in [-0.4, -0.2) is 36.7 Å². The first-order valence-electron chi connectivity index (χ1n) is 10.5. The Bertz CT molecular complexity index is 1470. The van der Waals surface area contributed by atoms with E-state index in [1.165, 1.54) is 12.1 Å². The molecule has 0 aliphatic heterocycles. The maximum Gasteiger partial charge on any atom is 0.573 e. The van der Waals surface area contributed by atoms with E-state index in [-0.39, 0.29) is 5.56 Å². The molecular formula is C24H14F7N5O2. The maximum absolute atomic E-state index is 15.7. The topological polar surface area (TPSA) is 86.0 Å². The summed E-state index contributed by atoms with van der Waals surface area (Å²) in [6.07, 6.45) is -2.95. The van der Waals surface area contributed by atoms with Gasteiger partial charge in [-0.3, -0.25) is 4.98 Å². The SMILES string of the molecule is OC(Cn1cnnn1)(c1ccc(F)cc1F)C(F)(F)c1ccc(C#Cc2ccc(OC(F)(F)F)cc2)cn1. The third-order valence-corrected chi connectivity index (χ3v) is 5.20. The van der Waals surface area contributed by atoms with E-state index < -0.39 is 53.1 Å². The summed E-state index contributed by atoms with van der Waals surface area (Å²) in [4.78, 5) is 3.67. The number of halogens is 7.